The van der Waals surface area contributed by atoms with Crippen molar-refractivity contribution in [3.05, 3.63) is 59.4 Å². The highest BCUT2D eigenvalue weighted by Crippen LogP contribution is 2.32. The highest BCUT2D eigenvalue weighted by molar-refractivity contribution is 5.46. The molecule has 0 radical (unpaired) electrons. The topological polar surface area (TPSA) is 30.9 Å². The lowest BCUT2D eigenvalue weighted by Gasteiger charge is -2.26. The molecule has 2 aromatic carbocycles. The van der Waals surface area contributed by atoms with Gasteiger partial charge in [0.2, 0.25) is 0 Å². The Morgan fingerprint density at radius 2 is 1.81 bits per heavy atom. The van der Waals surface area contributed by atoms with Crippen LogP contribution in [-0.4, -0.2) is 38.4 Å². The van der Waals surface area contributed by atoms with Crippen molar-refractivity contribution >= 4 is 0 Å². The standard InChI is InChI=1S/C21H26FNO3/c1-24-20-11-5-8-17(21(20)25-2)14-23(15-18-9-6-12-26-18)13-16-7-3-4-10-19(16)22/h3-5,7-8,10-11,18H,6,9,12-15H2,1-2H3. The molecule has 0 N–H and O–H groups in total. The summed E-state index contributed by atoms with van der Waals surface area (Å²) >= 11 is 0. The Morgan fingerprint density at radius 1 is 1.04 bits per heavy atom. The smallest absolute Gasteiger partial charge is 0.165 e. The van der Waals surface area contributed by atoms with Gasteiger partial charge in [-0.15, -0.1) is 0 Å². The van der Waals surface area contributed by atoms with E-state index in [-0.39, 0.29) is 11.9 Å². The molecule has 26 heavy (non-hydrogen) atoms. The summed E-state index contributed by atoms with van der Waals surface area (Å²) in [5.74, 6) is 1.25. The molecular formula is C21H26FNO3. The van der Waals surface area contributed by atoms with Crippen molar-refractivity contribution in [2.75, 3.05) is 27.4 Å². The van der Waals surface area contributed by atoms with Crippen LogP contribution in [0, 0.1) is 5.82 Å². The van der Waals surface area contributed by atoms with Gasteiger partial charge in [-0.2, -0.15) is 0 Å². The summed E-state index contributed by atoms with van der Waals surface area (Å²) in [4.78, 5) is 2.21. The highest BCUT2D eigenvalue weighted by Gasteiger charge is 2.22. The maximum Gasteiger partial charge on any atom is 0.165 e. The molecule has 0 aromatic heterocycles. The largest absolute Gasteiger partial charge is 0.493 e. The van der Waals surface area contributed by atoms with Gasteiger partial charge >= 0.3 is 0 Å². The summed E-state index contributed by atoms with van der Waals surface area (Å²) in [6, 6.07) is 12.8. The second-order valence-corrected chi connectivity index (χ2v) is 6.55. The molecule has 0 aliphatic carbocycles. The van der Waals surface area contributed by atoms with Crippen molar-refractivity contribution in [1.82, 2.24) is 4.90 Å². The van der Waals surface area contributed by atoms with Gasteiger partial charge < -0.3 is 14.2 Å². The van der Waals surface area contributed by atoms with Gasteiger partial charge in [-0.3, -0.25) is 4.90 Å². The Morgan fingerprint density at radius 3 is 2.50 bits per heavy atom. The Bertz CT molecular complexity index is 716. The van der Waals surface area contributed by atoms with Crippen LogP contribution in [0.4, 0.5) is 4.39 Å². The van der Waals surface area contributed by atoms with Gasteiger partial charge in [0, 0.05) is 37.4 Å². The Kier molecular flexibility index (Phi) is 6.47. The zero-order valence-corrected chi connectivity index (χ0v) is 15.4. The fourth-order valence-corrected chi connectivity index (χ4v) is 3.45. The molecule has 0 amide bonds. The number of para-hydroxylation sites is 1. The van der Waals surface area contributed by atoms with Crippen LogP contribution in [0.1, 0.15) is 24.0 Å². The number of nitrogens with zero attached hydrogens (tertiary/aromatic N) is 1. The first-order valence-corrected chi connectivity index (χ1v) is 8.98. The highest BCUT2D eigenvalue weighted by atomic mass is 19.1. The SMILES string of the molecule is COc1cccc(CN(Cc2ccccc2F)CC2CCCO2)c1OC. The zero-order valence-electron chi connectivity index (χ0n) is 15.4. The van der Waals surface area contributed by atoms with E-state index < -0.39 is 0 Å². The van der Waals surface area contributed by atoms with Crippen molar-refractivity contribution in [3.63, 3.8) is 0 Å². The average Bonchev–Trinajstić information content (AvgIpc) is 3.16. The maximum atomic E-state index is 14.2. The van der Waals surface area contributed by atoms with Crippen LogP contribution in [0.5, 0.6) is 11.5 Å². The van der Waals surface area contributed by atoms with Gasteiger partial charge in [-0.05, 0) is 25.0 Å². The van der Waals surface area contributed by atoms with E-state index in [0.29, 0.717) is 24.4 Å². The third kappa shape index (κ3) is 4.54. The van der Waals surface area contributed by atoms with Crippen LogP contribution >= 0.6 is 0 Å². The van der Waals surface area contributed by atoms with Gasteiger partial charge in [-0.25, -0.2) is 4.39 Å². The molecule has 4 nitrogen and oxygen atoms in total. The monoisotopic (exact) mass is 359 g/mol. The third-order valence-electron chi connectivity index (χ3n) is 4.72. The number of hydrogen-bond acceptors (Lipinski definition) is 4. The Balaban J connectivity index is 1.82. The van der Waals surface area contributed by atoms with E-state index in [9.17, 15) is 4.39 Å². The first-order chi connectivity index (χ1) is 12.7. The Labute approximate surface area is 154 Å². The summed E-state index contributed by atoms with van der Waals surface area (Å²) in [5.41, 5.74) is 1.70. The first-order valence-electron chi connectivity index (χ1n) is 8.98. The number of methoxy groups -OCH3 is 2. The second-order valence-electron chi connectivity index (χ2n) is 6.55. The first kappa shape index (κ1) is 18.7. The van der Waals surface area contributed by atoms with Crippen LogP contribution in [0.25, 0.3) is 0 Å². The number of halogens is 1. The number of benzene rings is 2. The summed E-state index contributed by atoms with van der Waals surface area (Å²) < 4.78 is 30.9. The van der Waals surface area contributed by atoms with Crippen LogP contribution < -0.4 is 9.47 Å². The quantitative estimate of drug-likeness (QED) is 0.712. The van der Waals surface area contributed by atoms with Crippen molar-refractivity contribution in [1.29, 1.82) is 0 Å². The molecule has 0 bridgehead atoms. The number of hydrogen-bond donors (Lipinski definition) is 0. The molecule has 1 fully saturated rings. The minimum absolute atomic E-state index is 0.178. The van der Waals surface area contributed by atoms with Gasteiger partial charge in [0.05, 0.1) is 20.3 Å². The lowest BCUT2D eigenvalue weighted by molar-refractivity contribution is 0.0672. The van der Waals surface area contributed by atoms with E-state index >= 15 is 0 Å². The molecule has 0 saturated carbocycles. The van der Waals surface area contributed by atoms with Gasteiger partial charge in [-0.1, -0.05) is 30.3 Å². The molecule has 1 saturated heterocycles. The molecule has 0 spiro atoms. The van der Waals surface area contributed by atoms with E-state index in [1.807, 2.05) is 30.3 Å². The summed E-state index contributed by atoms with van der Waals surface area (Å²) in [5, 5.41) is 0. The van der Waals surface area contributed by atoms with Crippen molar-refractivity contribution in [3.8, 4) is 11.5 Å². The fraction of sp³-hybridized carbons (Fsp3) is 0.429. The van der Waals surface area contributed by atoms with E-state index in [1.165, 1.54) is 6.07 Å². The van der Waals surface area contributed by atoms with E-state index in [0.717, 1.165) is 37.3 Å². The molecule has 1 aliphatic rings. The van der Waals surface area contributed by atoms with Gasteiger partial charge in [0.25, 0.3) is 0 Å². The molecule has 1 aliphatic heterocycles. The predicted molar refractivity (Wildman–Crippen MR) is 99.0 cm³/mol. The summed E-state index contributed by atoms with van der Waals surface area (Å²) in [7, 11) is 3.27. The maximum absolute atomic E-state index is 14.2. The predicted octanol–water partition coefficient (Wildman–Crippen LogP) is 4.02. The third-order valence-corrected chi connectivity index (χ3v) is 4.72. The number of ether oxygens (including phenoxy) is 3. The molecular weight excluding hydrogens is 333 g/mol. The second kappa shape index (κ2) is 9.01. The summed E-state index contributed by atoms with van der Waals surface area (Å²) in [6.07, 6.45) is 2.32. The minimum Gasteiger partial charge on any atom is -0.493 e. The van der Waals surface area contributed by atoms with Gasteiger partial charge in [0.15, 0.2) is 11.5 Å². The molecule has 3 rings (SSSR count). The van der Waals surface area contributed by atoms with Crippen LogP contribution in [0.2, 0.25) is 0 Å². The molecule has 1 heterocycles. The molecule has 1 atom stereocenters. The lowest BCUT2D eigenvalue weighted by Crippen LogP contribution is -2.32. The summed E-state index contributed by atoms with van der Waals surface area (Å²) in [6.45, 7) is 2.72. The van der Waals surface area contributed by atoms with Crippen LogP contribution in [0.3, 0.4) is 0 Å². The minimum atomic E-state index is -0.178. The number of rotatable bonds is 8. The normalized spacial score (nSPS) is 16.8. The van der Waals surface area contributed by atoms with E-state index in [2.05, 4.69) is 4.90 Å². The average molecular weight is 359 g/mol. The molecule has 1 unspecified atom stereocenters. The fourth-order valence-electron chi connectivity index (χ4n) is 3.45. The van der Waals surface area contributed by atoms with Crippen molar-refractivity contribution in [2.45, 2.75) is 32.0 Å². The van der Waals surface area contributed by atoms with Crippen molar-refractivity contribution < 1.29 is 18.6 Å². The Hall–Kier alpha value is -2.11. The molecule has 5 heteroatoms. The van der Waals surface area contributed by atoms with Gasteiger partial charge in [0.1, 0.15) is 5.82 Å². The van der Waals surface area contributed by atoms with Crippen LogP contribution in [0.15, 0.2) is 42.5 Å². The zero-order chi connectivity index (χ0) is 18.4. The van der Waals surface area contributed by atoms with Crippen molar-refractivity contribution in [2.24, 2.45) is 0 Å². The van der Waals surface area contributed by atoms with Crippen LogP contribution in [-0.2, 0) is 17.8 Å². The van der Waals surface area contributed by atoms with E-state index in [4.69, 9.17) is 14.2 Å². The lowest BCUT2D eigenvalue weighted by atomic mass is 10.1. The van der Waals surface area contributed by atoms with E-state index in [1.54, 1.807) is 20.3 Å². The molecule has 2 aromatic rings. The molecule has 140 valence electrons.